The lowest BCUT2D eigenvalue weighted by atomic mass is 10.0. The summed E-state index contributed by atoms with van der Waals surface area (Å²) in [6, 6.07) is 21.8. The molecule has 4 rings (SSSR count). The minimum absolute atomic E-state index is 0.0556. The number of aromatic hydroxyl groups is 1. The van der Waals surface area contributed by atoms with Crippen molar-refractivity contribution in [1.29, 1.82) is 5.53 Å². The SMILES string of the molecule is N=Nc1c(O)c(C(=O)Nc2ccc(N)cc2)cc2cc(C(=O)Nc3ccccc3)ccc12. The highest BCUT2D eigenvalue weighted by atomic mass is 16.3. The smallest absolute Gasteiger partial charge is 0.259 e. The van der Waals surface area contributed by atoms with Gasteiger partial charge in [-0.3, -0.25) is 9.59 Å². The predicted molar refractivity (Wildman–Crippen MR) is 124 cm³/mol. The monoisotopic (exact) mass is 425 g/mol. The number of rotatable bonds is 5. The molecule has 0 saturated heterocycles. The maximum Gasteiger partial charge on any atom is 0.259 e. The number of benzene rings is 4. The van der Waals surface area contributed by atoms with Crippen LogP contribution >= 0.6 is 0 Å². The van der Waals surface area contributed by atoms with E-state index in [2.05, 4.69) is 15.7 Å². The topological polar surface area (TPSA) is 141 Å². The molecule has 0 heterocycles. The number of nitrogens with zero attached hydrogens (tertiary/aromatic N) is 1. The van der Waals surface area contributed by atoms with Crippen molar-refractivity contribution < 1.29 is 14.7 Å². The zero-order chi connectivity index (χ0) is 22.7. The quantitative estimate of drug-likeness (QED) is 0.219. The van der Waals surface area contributed by atoms with E-state index in [1.54, 1.807) is 54.6 Å². The third-order valence-corrected chi connectivity index (χ3v) is 4.90. The van der Waals surface area contributed by atoms with Crippen LogP contribution in [0.25, 0.3) is 10.8 Å². The molecule has 4 aromatic carbocycles. The number of nitrogens with one attached hydrogen (secondary N) is 3. The van der Waals surface area contributed by atoms with Gasteiger partial charge in [-0.15, -0.1) is 0 Å². The number of carbonyl (C=O) groups excluding carboxylic acids is 2. The number of fused-ring (bicyclic) bond motifs is 1. The number of amides is 2. The second-order valence-electron chi connectivity index (χ2n) is 7.07. The van der Waals surface area contributed by atoms with Gasteiger partial charge in [0.25, 0.3) is 11.8 Å². The van der Waals surface area contributed by atoms with E-state index < -0.39 is 11.7 Å². The first-order chi connectivity index (χ1) is 15.5. The van der Waals surface area contributed by atoms with E-state index >= 15 is 0 Å². The van der Waals surface area contributed by atoms with Crippen LogP contribution in [-0.4, -0.2) is 16.9 Å². The number of para-hydroxylation sites is 1. The van der Waals surface area contributed by atoms with Gasteiger partial charge < -0.3 is 21.5 Å². The number of phenolic OH excluding ortho intramolecular Hbond substituents is 1. The molecule has 0 aliphatic heterocycles. The molecular formula is C24H19N5O3. The lowest BCUT2D eigenvalue weighted by molar-refractivity contribution is 0.101. The Hall–Kier alpha value is -4.72. The van der Waals surface area contributed by atoms with Crippen molar-refractivity contribution in [3.05, 3.63) is 90.0 Å². The maximum absolute atomic E-state index is 12.8. The highest BCUT2D eigenvalue weighted by molar-refractivity contribution is 6.13. The third kappa shape index (κ3) is 4.10. The first kappa shape index (κ1) is 20.5. The normalized spacial score (nSPS) is 10.5. The molecule has 0 atom stereocenters. The van der Waals surface area contributed by atoms with E-state index in [4.69, 9.17) is 11.3 Å². The standard InChI is InChI=1S/C24H19N5O3/c25-16-7-9-18(10-8-16)28-24(32)20-13-15-12-14(6-11-19(15)21(29-26)22(20)30)23(31)27-17-4-2-1-3-5-17/h1-13,26,30H,25H2,(H,27,31)(H,28,32). The van der Waals surface area contributed by atoms with Gasteiger partial charge in [-0.05, 0) is 60.0 Å². The second-order valence-corrected chi connectivity index (χ2v) is 7.07. The molecule has 32 heavy (non-hydrogen) atoms. The molecule has 8 heteroatoms. The third-order valence-electron chi connectivity index (χ3n) is 4.90. The molecule has 0 aliphatic rings. The Morgan fingerprint density at radius 1 is 0.844 bits per heavy atom. The zero-order valence-electron chi connectivity index (χ0n) is 16.8. The van der Waals surface area contributed by atoms with Crippen molar-refractivity contribution in [2.75, 3.05) is 16.4 Å². The number of nitrogens with two attached hydrogens (primary N) is 1. The zero-order valence-corrected chi connectivity index (χ0v) is 16.8. The molecule has 6 N–H and O–H groups in total. The van der Waals surface area contributed by atoms with E-state index in [1.165, 1.54) is 6.07 Å². The Morgan fingerprint density at radius 3 is 2.19 bits per heavy atom. The largest absolute Gasteiger partial charge is 0.505 e. The van der Waals surface area contributed by atoms with Crippen LogP contribution in [0.15, 0.2) is 84.0 Å². The van der Waals surface area contributed by atoms with Gasteiger partial charge in [0.2, 0.25) is 0 Å². The van der Waals surface area contributed by atoms with Crippen LogP contribution in [0.1, 0.15) is 20.7 Å². The molecule has 0 bridgehead atoms. The lowest BCUT2D eigenvalue weighted by Gasteiger charge is -2.12. The fourth-order valence-corrected chi connectivity index (χ4v) is 3.29. The molecule has 0 aromatic heterocycles. The predicted octanol–water partition coefficient (Wildman–Crippen LogP) is 5.29. The van der Waals surface area contributed by atoms with Crippen molar-refractivity contribution in [2.45, 2.75) is 0 Å². The van der Waals surface area contributed by atoms with Crippen LogP contribution in [0.3, 0.4) is 0 Å². The number of carbonyl (C=O) groups is 2. The number of nitrogen functional groups attached to an aromatic ring is 1. The number of phenols is 1. The Balaban J connectivity index is 1.71. The van der Waals surface area contributed by atoms with E-state index in [0.717, 1.165) is 0 Å². The molecule has 0 aliphatic carbocycles. The summed E-state index contributed by atoms with van der Waals surface area (Å²) < 4.78 is 0. The Kier molecular flexibility index (Phi) is 5.50. The van der Waals surface area contributed by atoms with Gasteiger partial charge in [0.15, 0.2) is 5.75 Å². The average Bonchev–Trinajstić information content (AvgIpc) is 2.80. The van der Waals surface area contributed by atoms with E-state index in [0.29, 0.717) is 33.4 Å². The van der Waals surface area contributed by atoms with Crippen molar-refractivity contribution in [2.24, 2.45) is 5.11 Å². The minimum Gasteiger partial charge on any atom is -0.505 e. The summed E-state index contributed by atoms with van der Waals surface area (Å²) in [6.45, 7) is 0. The van der Waals surface area contributed by atoms with Crippen LogP contribution < -0.4 is 16.4 Å². The lowest BCUT2D eigenvalue weighted by Crippen LogP contribution is -2.13. The first-order valence-corrected chi connectivity index (χ1v) is 9.67. The van der Waals surface area contributed by atoms with E-state index in [1.807, 2.05) is 18.2 Å². The Bertz CT molecular complexity index is 1340. The molecule has 2 amide bonds. The van der Waals surface area contributed by atoms with Gasteiger partial charge in [-0.1, -0.05) is 24.3 Å². The van der Waals surface area contributed by atoms with Gasteiger partial charge in [0.1, 0.15) is 5.69 Å². The molecule has 4 aromatic rings. The molecule has 0 radical (unpaired) electrons. The van der Waals surface area contributed by atoms with E-state index in [9.17, 15) is 14.7 Å². The van der Waals surface area contributed by atoms with Gasteiger partial charge in [0.05, 0.1) is 5.56 Å². The van der Waals surface area contributed by atoms with Crippen molar-refractivity contribution in [1.82, 2.24) is 0 Å². The molecule has 8 nitrogen and oxygen atoms in total. The van der Waals surface area contributed by atoms with Gasteiger partial charge in [-0.2, -0.15) is 5.11 Å². The second kappa shape index (κ2) is 8.57. The van der Waals surface area contributed by atoms with Crippen LogP contribution in [0.5, 0.6) is 5.75 Å². The Morgan fingerprint density at radius 2 is 1.50 bits per heavy atom. The fraction of sp³-hybridized carbons (Fsp3) is 0. The summed E-state index contributed by atoms with van der Waals surface area (Å²) in [7, 11) is 0. The van der Waals surface area contributed by atoms with Crippen LogP contribution in [0.4, 0.5) is 22.7 Å². The molecule has 0 fully saturated rings. The summed E-state index contributed by atoms with van der Waals surface area (Å²) in [5.41, 5.74) is 15.1. The van der Waals surface area contributed by atoms with Crippen molar-refractivity contribution >= 4 is 45.3 Å². The van der Waals surface area contributed by atoms with Gasteiger partial charge in [0, 0.05) is 28.0 Å². The summed E-state index contributed by atoms with van der Waals surface area (Å²) in [4.78, 5) is 25.5. The van der Waals surface area contributed by atoms with Gasteiger partial charge >= 0.3 is 0 Å². The fourth-order valence-electron chi connectivity index (χ4n) is 3.29. The van der Waals surface area contributed by atoms with E-state index in [-0.39, 0.29) is 17.2 Å². The maximum atomic E-state index is 12.8. The Labute approximate surface area is 183 Å². The number of hydrogen-bond donors (Lipinski definition) is 5. The summed E-state index contributed by atoms with van der Waals surface area (Å²) in [5.74, 6) is -1.33. The van der Waals surface area contributed by atoms with Crippen LogP contribution in [-0.2, 0) is 0 Å². The number of hydrogen-bond acceptors (Lipinski definition) is 6. The number of anilines is 3. The first-order valence-electron chi connectivity index (χ1n) is 9.67. The molecular weight excluding hydrogens is 406 g/mol. The van der Waals surface area contributed by atoms with Crippen molar-refractivity contribution in [3.8, 4) is 5.75 Å². The molecule has 0 saturated carbocycles. The van der Waals surface area contributed by atoms with Crippen LogP contribution in [0.2, 0.25) is 0 Å². The molecule has 158 valence electrons. The summed E-state index contributed by atoms with van der Waals surface area (Å²) in [5, 5.41) is 20.4. The summed E-state index contributed by atoms with van der Waals surface area (Å²) >= 11 is 0. The molecule has 0 spiro atoms. The molecule has 0 unspecified atom stereocenters. The van der Waals surface area contributed by atoms with Crippen LogP contribution in [0, 0.1) is 5.53 Å². The highest BCUT2D eigenvalue weighted by Gasteiger charge is 2.19. The van der Waals surface area contributed by atoms with Crippen molar-refractivity contribution in [3.63, 3.8) is 0 Å². The minimum atomic E-state index is -0.585. The summed E-state index contributed by atoms with van der Waals surface area (Å²) in [6.07, 6.45) is 0. The van der Waals surface area contributed by atoms with Gasteiger partial charge in [-0.25, -0.2) is 5.53 Å². The highest BCUT2D eigenvalue weighted by Crippen LogP contribution is 2.39. The average molecular weight is 425 g/mol.